The number of hydrogen-bond donors (Lipinski definition) is 1. The van der Waals surface area contributed by atoms with Crippen molar-refractivity contribution < 1.29 is 9.47 Å². The second-order valence-electron chi connectivity index (χ2n) is 5.54. The Morgan fingerprint density at radius 1 is 1.08 bits per heavy atom. The Kier molecular flexibility index (Phi) is 3.78. The maximum absolute atomic E-state index is 9.52. The monoisotopic (exact) mass is 322 g/mol. The number of benzene rings is 1. The SMILES string of the molecule is COc1cc(OC)cc(-n2c(N)c(C#N)c3cc(C)c(C)nc32)c1. The maximum Gasteiger partial charge on any atom is 0.147 e. The fourth-order valence-electron chi connectivity index (χ4n) is 2.71. The molecule has 0 atom stereocenters. The quantitative estimate of drug-likeness (QED) is 0.800. The van der Waals surface area contributed by atoms with Gasteiger partial charge in [-0.25, -0.2) is 4.98 Å². The van der Waals surface area contributed by atoms with Gasteiger partial charge >= 0.3 is 0 Å². The highest BCUT2D eigenvalue weighted by molar-refractivity contribution is 5.92. The summed E-state index contributed by atoms with van der Waals surface area (Å²) >= 11 is 0. The predicted octanol–water partition coefficient (Wildman–Crippen LogP) is 3.11. The molecule has 0 aliphatic heterocycles. The molecule has 2 N–H and O–H groups in total. The van der Waals surface area contributed by atoms with Gasteiger partial charge in [-0.15, -0.1) is 0 Å². The van der Waals surface area contributed by atoms with E-state index in [2.05, 4.69) is 11.1 Å². The highest BCUT2D eigenvalue weighted by atomic mass is 16.5. The Morgan fingerprint density at radius 2 is 1.71 bits per heavy atom. The lowest BCUT2D eigenvalue weighted by Gasteiger charge is -2.12. The third-order valence-electron chi connectivity index (χ3n) is 4.13. The van der Waals surface area contributed by atoms with Crippen molar-refractivity contribution in [3.63, 3.8) is 0 Å². The van der Waals surface area contributed by atoms with Gasteiger partial charge in [0, 0.05) is 29.3 Å². The molecule has 0 aliphatic rings. The lowest BCUT2D eigenvalue weighted by Crippen LogP contribution is -2.03. The number of anilines is 1. The minimum Gasteiger partial charge on any atom is -0.497 e. The number of pyridine rings is 1. The first-order valence-electron chi connectivity index (χ1n) is 7.41. The van der Waals surface area contributed by atoms with Gasteiger partial charge in [0.1, 0.15) is 34.6 Å². The van der Waals surface area contributed by atoms with Crippen LogP contribution in [0.25, 0.3) is 16.7 Å². The third-order valence-corrected chi connectivity index (χ3v) is 4.13. The largest absolute Gasteiger partial charge is 0.497 e. The van der Waals surface area contributed by atoms with Crippen molar-refractivity contribution >= 4 is 16.9 Å². The molecule has 0 fully saturated rings. The molecule has 0 aliphatic carbocycles. The van der Waals surface area contributed by atoms with Gasteiger partial charge in [-0.05, 0) is 25.5 Å². The molecule has 0 radical (unpaired) electrons. The summed E-state index contributed by atoms with van der Waals surface area (Å²) in [5.74, 6) is 1.61. The predicted molar refractivity (Wildman–Crippen MR) is 92.8 cm³/mol. The summed E-state index contributed by atoms with van der Waals surface area (Å²) in [6.07, 6.45) is 0. The number of nitriles is 1. The summed E-state index contributed by atoms with van der Waals surface area (Å²) < 4.78 is 12.4. The van der Waals surface area contributed by atoms with E-state index in [1.165, 1.54) is 0 Å². The average molecular weight is 322 g/mol. The molecule has 2 aromatic heterocycles. The fourth-order valence-corrected chi connectivity index (χ4v) is 2.71. The minimum atomic E-state index is 0.348. The van der Waals surface area contributed by atoms with Crippen molar-refractivity contribution in [1.82, 2.24) is 9.55 Å². The molecular formula is C18H18N4O2. The van der Waals surface area contributed by atoms with E-state index >= 15 is 0 Å². The molecule has 0 saturated carbocycles. The zero-order chi connectivity index (χ0) is 17.4. The summed E-state index contributed by atoms with van der Waals surface area (Å²) in [5.41, 5.74) is 9.95. The number of fused-ring (bicyclic) bond motifs is 1. The number of hydrogen-bond acceptors (Lipinski definition) is 5. The van der Waals surface area contributed by atoms with Crippen LogP contribution in [0.15, 0.2) is 24.3 Å². The van der Waals surface area contributed by atoms with Crippen LogP contribution in [0.4, 0.5) is 5.82 Å². The molecule has 6 nitrogen and oxygen atoms in total. The standard InChI is InChI=1S/C18H18N4O2/c1-10-5-15-16(9-19)17(20)22(18(15)21-11(10)2)12-6-13(23-3)8-14(7-12)24-4/h5-8H,20H2,1-4H3. The Morgan fingerprint density at radius 3 is 2.25 bits per heavy atom. The number of ether oxygens (including phenoxy) is 2. The lowest BCUT2D eigenvalue weighted by atomic mass is 10.1. The Labute approximate surface area is 140 Å². The van der Waals surface area contributed by atoms with E-state index in [1.54, 1.807) is 24.9 Å². The van der Waals surface area contributed by atoms with Gasteiger partial charge in [0.15, 0.2) is 0 Å². The molecule has 3 rings (SSSR count). The van der Waals surface area contributed by atoms with Crippen molar-refractivity contribution in [3.05, 3.63) is 41.1 Å². The van der Waals surface area contributed by atoms with Gasteiger partial charge < -0.3 is 15.2 Å². The van der Waals surface area contributed by atoms with Crippen molar-refractivity contribution in [2.75, 3.05) is 20.0 Å². The molecular weight excluding hydrogens is 304 g/mol. The number of nitrogens with zero attached hydrogens (tertiary/aromatic N) is 3. The average Bonchev–Trinajstić information content (AvgIpc) is 2.85. The fraction of sp³-hybridized carbons (Fsp3) is 0.222. The van der Waals surface area contributed by atoms with Crippen LogP contribution < -0.4 is 15.2 Å². The van der Waals surface area contributed by atoms with Crippen LogP contribution in [-0.2, 0) is 0 Å². The van der Waals surface area contributed by atoms with E-state index in [0.717, 1.165) is 22.3 Å². The minimum absolute atomic E-state index is 0.348. The Hall–Kier alpha value is -3.20. The second kappa shape index (κ2) is 5.78. The molecule has 0 saturated heterocycles. The van der Waals surface area contributed by atoms with Crippen molar-refractivity contribution in [1.29, 1.82) is 5.26 Å². The van der Waals surface area contributed by atoms with Crippen LogP contribution in [0.3, 0.4) is 0 Å². The molecule has 0 bridgehead atoms. The topological polar surface area (TPSA) is 86.1 Å². The van der Waals surface area contributed by atoms with Crippen molar-refractivity contribution in [3.8, 4) is 23.3 Å². The Balaban J connectivity index is 2.41. The molecule has 122 valence electrons. The number of methoxy groups -OCH3 is 2. The molecule has 0 amide bonds. The van der Waals surface area contributed by atoms with Gasteiger partial charge in [0.2, 0.25) is 0 Å². The summed E-state index contributed by atoms with van der Waals surface area (Å²) in [6.45, 7) is 3.89. The van der Waals surface area contributed by atoms with Crippen LogP contribution in [0.2, 0.25) is 0 Å². The first-order chi connectivity index (χ1) is 11.5. The summed E-state index contributed by atoms with van der Waals surface area (Å²) in [6, 6.07) is 9.57. The first kappa shape index (κ1) is 15.7. The normalized spacial score (nSPS) is 10.6. The molecule has 3 aromatic rings. The molecule has 0 unspecified atom stereocenters. The zero-order valence-electron chi connectivity index (χ0n) is 14.0. The van der Waals surface area contributed by atoms with Crippen LogP contribution in [0.5, 0.6) is 11.5 Å². The van der Waals surface area contributed by atoms with Crippen LogP contribution in [0.1, 0.15) is 16.8 Å². The van der Waals surface area contributed by atoms with Crippen LogP contribution >= 0.6 is 0 Å². The Bertz CT molecular complexity index is 961. The number of aryl methyl sites for hydroxylation is 2. The molecule has 1 aromatic carbocycles. The first-order valence-corrected chi connectivity index (χ1v) is 7.41. The highest BCUT2D eigenvalue weighted by Crippen LogP contribution is 2.34. The maximum atomic E-state index is 9.52. The van der Waals surface area contributed by atoms with Crippen molar-refractivity contribution in [2.24, 2.45) is 0 Å². The number of aromatic nitrogens is 2. The highest BCUT2D eigenvalue weighted by Gasteiger charge is 2.19. The lowest BCUT2D eigenvalue weighted by molar-refractivity contribution is 0.394. The number of rotatable bonds is 3. The van der Waals surface area contributed by atoms with Gasteiger partial charge in [-0.3, -0.25) is 4.57 Å². The van der Waals surface area contributed by atoms with Gasteiger partial charge in [0.05, 0.1) is 19.9 Å². The van der Waals surface area contributed by atoms with Crippen molar-refractivity contribution in [2.45, 2.75) is 13.8 Å². The summed E-state index contributed by atoms with van der Waals surface area (Å²) in [5, 5.41) is 10.3. The zero-order valence-corrected chi connectivity index (χ0v) is 14.0. The smallest absolute Gasteiger partial charge is 0.147 e. The third kappa shape index (κ3) is 2.31. The number of nitrogen functional groups attached to an aromatic ring is 1. The van der Waals surface area contributed by atoms with Gasteiger partial charge in [-0.1, -0.05) is 0 Å². The van der Waals surface area contributed by atoms with E-state index in [-0.39, 0.29) is 0 Å². The molecule has 2 heterocycles. The molecule has 24 heavy (non-hydrogen) atoms. The summed E-state index contributed by atoms with van der Waals surface area (Å²) in [4.78, 5) is 4.64. The summed E-state index contributed by atoms with van der Waals surface area (Å²) in [7, 11) is 3.17. The van der Waals surface area contributed by atoms with Crippen LogP contribution in [0, 0.1) is 25.2 Å². The van der Waals surface area contributed by atoms with E-state index in [4.69, 9.17) is 15.2 Å². The van der Waals surface area contributed by atoms with Gasteiger partial charge in [-0.2, -0.15) is 5.26 Å². The van der Waals surface area contributed by atoms with Crippen LogP contribution in [-0.4, -0.2) is 23.8 Å². The molecule has 6 heteroatoms. The second-order valence-corrected chi connectivity index (χ2v) is 5.54. The van der Waals surface area contributed by atoms with E-state index in [1.807, 2.05) is 32.0 Å². The molecule has 0 spiro atoms. The number of nitrogens with two attached hydrogens (primary N) is 1. The van der Waals surface area contributed by atoms with E-state index in [9.17, 15) is 5.26 Å². The van der Waals surface area contributed by atoms with E-state index in [0.29, 0.717) is 28.5 Å². The van der Waals surface area contributed by atoms with E-state index < -0.39 is 0 Å². The van der Waals surface area contributed by atoms with Gasteiger partial charge in [0.25, 0.3) is 0 Å².